The topological polar surface area (TPSA) is 37.4 Å². The molecule has 0 aromatic carbocycles. The summed E-state index contributed by atoms with van der Waals surface area (Å²) >= 11 is 0. The Bertz CT molecular complexity index is 271. The van der Waals surface area contributed by atoms with Crippen LogP contribution in [-0.4, -0.2) is 23.8 Å². The van der Waals surface area contributed by atoms with Crippen LogP contribution in [0.2, 0.25) is 0 Å². The van der Waals surface area contributed by atoms with Crippen molar-refractivity contribution in [2.45, 2.75) is 19.3 Å². The highest BCUT2D eigenvalue weighted by Crippen LogP contribution is 2.55. The third kappa shape index (κ3) is 0.713. The summed E-state index contributed by atoms with van der Waals surface area (Å²) in [5.41, 5.74) is 0. The molecule has 1 heterocycles. The van der Waals surface area contributed by atoms with Gasteiger partial charge in [-0.2, -0.15) is 0 Å². The van der Waals surface area contributed by atoms with Crippen molar-refractivity contribution in [1.29, 1.82) is 0 Å². The Labute approximate surface area is 77.1 Å². The lowest BCUT2D eigenvalue weighted by molar-refractivity contribution is -0.139. The molecule has 3 heteroatoms. The number of amides is 2. The number of nitrogens with zero attached hydrogens (tertiary/aromatic N) is 1. The number of carbonyl (C=O) groups excluding carboxylic acids is 2. The first-order chi connectivity index (χ1) is 6.20. The maximum absolute atomic E-state index is 11.7. The molecule has 4 atom stereocenters. The van der Waals surface area contributed by atoms with Gasteiger partial charge in [0.1, 0.15) is 0 Å². The Kier molecular flexibility index (Phi) is 1.24. The largest absolute Gasteiger partial charge is 0.285 e. The van der Waals surface area contributed by atoms with Crippen LogP contribution in [0.1, 0.15) is 19.3 Å². The Hall–Kier alpha value is -0.860. The monoisotopic (exact) mass is 179 g/mol. The fraction of sp³-hybridized carbons (Fsp3) is 0.800. The van der Waals surface area contributed by atoms with Gasteiger partial charge in [0.2, 0.25) is 11.8 Å². The van der Waals surface area contributed by atoms with Gasteiger partial charge in [0.15, 0.2) is 0 Å². The van der Waals surface area contributed by atoms with E-state index in [0.29, 0.717) is 11.8 Å². The van der Waals surface area contributed by atoms with Crippen LogP contribution in [0.5, 0.6) is 0 Å². The van der Waals surface area contributed by atoms with Gasteiger partial charge in [0.25, 0.3) is 0 Å². The minimum absolute atomic E-state index is 0.0660. The minimum atomic E-state index is 0.0660. The summed E-state index contributed by atoms with van der Waals surface area (Å²) in [4.78, 5) is 24.7. The first-order valence-corrected chi connectivity index (χ1v) is 5.01. The molecule has 70 valence electrons. The quantitative estimate of drug-likeness (QED) is 0.512. The number of imide groups is 1. The summed E-state index contributed by atoms with van der Waals surface area (Å²) < 4.78 is 0. The van der Waals surface area contributed by atoms with E-state index in [9.17, 15) is 9.59 Å². The zero-order valence-corrected chi connectivity index (χ0v) is 7.69. The highest BCUT2D eigenvalue weighted by molar-refractivity contribution is 6.05. The average molecular weight is 179 g/mol. The molecule has 3 aliphatic rings. The van der Waals surface area contributed by atoms with E-state index in [0.717, 1.165) is 6.42 Å². The third-order valence-electron chi connectivity index (χ3n) is 4.15. The third-order valence-corrected chi connectivity index (χ3v) is 4.15. The molecule has 0 aromatic rings. The minimum Gasteiger partial charge on any atom is -0.285 e. The highest BCUT2D eigenvalue weighted by atomic mass is 16.2. The fourth-order valence-electron chi connectivity index (χ4n) is 3.56. The van der Waals surface area contributed by atoms with Crippen LogP contribution in [-0.2, 0) is 9.59 Å². The molecule has 0 radical (unpaired) electrons. The molecule has 1 aliphatic heterocycles. The smallest absolute Gasteiger partial charge is 0.233 e. The summed E-state index contributed by atoms with van der Waals surface area (Å²) in [5, 5.41) is 0. The molecular formula is C10H13NO2. The normalized spacial score (nSPS) is 47.6. The predicted octanol–water partition coefficient (Wildman–Crippen LogP) is 0.647. The van der Waals surface area contributed by atoms with Crippen LogP contribution in [0.25, 0.3) is 0 Å². The molecule has 2 bridgehead atoms. The number of hydrogen-bond donors (Lipinski definition) is 0. The summed E-state index contributed by atoms with van der Waals surface area (Å²) in [6.45, 7) is 0. The predicted molar refractivity (Wildman–Crippen MR) is 45.6 cm³/mol. The van der Waals surface area contributed by atoms with Crippen molar-refractivity contribution in [1.82, 2.24) is 4.90 Å². The van der Waals surface area contributed by atoms with E-state index >= 15 is 0 Å². The second-order valence-corrected chi connectivity index (χ2v) is 4.62. The molecule has 3 rings (SSSR count). The zero-order valence-electron chi connectivity index (χ0n) is 7.69. The molecule has 0 spiro atoms. The van der Waals surface area contributed by atoms with E-state index < -0.39 is 0 Å². The van der Waals surface area contributed by atoms with Crippen LogP contribution < -0.4 is 0 Å². The van der Waals surface area contributed by atoms with Crippen LogP contribution in [0.4, 0.5) is 0 Å². The van der Waals surface area contributed by atoms with Crippen LogP contribution in [0.15, 0.2) is 0 Å². The van der Waals surface area contributed by atoms with Crippen LogP contribution in [0, 0.1) is 23.7 Å². The summed E-state index contributed by atoms with van der Waals surface area (Å²) in [5.74, 6) is 1.35. The summed E-state index contributed by atoms with van der Waals surface area (Å²) in [6.07, 6.45) is 3.46. The van der Waals surface area contributed by atoms with Crippen molar-refractivity contribution in [2.24, 2.45) is 23.7 Å². The van der Waals surface area contributed by atoms with Gasteiger partial charge in [-0.15, -0.1) is 0 Å². The number of likely N-dealkylation sites (tertiary alicyclic amines) is 1. The van der Waals surface area contributed by atoms with Gasteiger partial charge in [-0.25, -0.2) is 0 Å². The Balaban J connectivity index is 2.03. The van der Waals surface area contributed by atoms with Gasteiger partial charge < -0.3 is 0 Å². The van der Waals surface area contributed by atoms with Crippen molar-refractivity contribution in [2.75, 3.05) is 7.05 Å². The second-order valence-electron chi connectivity index (χ2n) is 4.62. The van der Waals surface area contributed by atoms with E-state index in [4.69, 9.17) is 0 Å². The van der Waals surface area contributed by atoms with Gasteiger partial charge in [0.05, 0.1) is 11.8 Å². The molecule has 2 saturated carbocycles. The lowest BCUT2D eigenvalue weighted by atomic mass is 9.81. The van der Waals surface area contributed by atoms with Crippen molar-refractivity contribution in [3.63, 3.8) is 0 Å². The van der Waals surface area contributed by atoms with Gasteiger partial charge in [0, 0.05) is 7.05 Å². The molecule has 3 fully saturated rings. The Morgan fingerprint density at radius 2 is 1.54 bits per heavy atom. The van der Waals surface area contributed by atoms with Crippen molar-refractivity contribution >= 4 is 11.8 Å². The van der Waals surface area contributed by atoms with E-state index in [1.807, 2.05) is 0 Å². The van der Waals surface area contributed by atoms with Crippen molar-refractivity contribution in [3.05, 3.63) is 0 Å². The van der Waals surface area contributed by atoms with Crippen LogP contribution >= 0.6 is 0 Å². The number of rotatable bonds is 0. The highest BCUT2D eigenvalue weighted by Gasteiger charge is 2.59. The molecule has 2 aliphatic carbocycles. The Morgan fingerprint density at radius 1 is 1.08 bits per heavy atom. The van der Waals surface area contributed by atoms with E-state index in [-0.39, 0.29) is 23.7 Å². The molecule has 13 heavy (non-hydrogen) atoms. The maximum Gasteiger partial charge on any atom is 0.233 e. The molecular weight excluding hydrogens is 166 g/mol. The second kappa shape index (κ2) is 2.14. The Morgan fingerprint density at radius 3 is 2.00 bits per heavy atom. The fourth-order valence-corrected chi connectivity index (χ4v) is 3.56. The van der Waals surface area contributed by atoms with E-state index in [1.54, 1.807) is 7.05 Å². The van der Waals surface area contributed by atoms with E-state index in [2.05, 4.69) is 0 Å². The molecule has 0 aromatic heterocycles. The maximum atomic E-state index is 11.7. The standard InChI is InChI=1S/C10H13NO2/c1-11-9(12)7-5-2-3-6(4-5)8(7)10(11)13/h5-8H,2-4H2,1H3/t5?,6?,7-,8+. The first kappa shape index (κ1) is 7.54. The van der Waals surface area contributed by atoms with Crippen molar-refractivity contribution < 1.29 is 9.59 Å². The number of carbonyl (C=O) groups is 2. The average Bonchev–Trinajstić information content (AvgIpc) is 2.76. The summed E-state index contributed by atoms with van der Waals surface area (Å²) in [7, 11) is 1.63. The first-order valence-electron chi connectivity index (χ1n) is 5.01. The number of hydrogen-bond acceptors (Lipinski definition) is 2. The zero-order chi connectivity index (χ0) is 9.16. The SMILES string of the molecule is CN1C(=O)[C@@H]2C3CCC(C3)[C@@H]2C1=O. The molecule has 2 unspecified atom stereocenters. The van der Waals surface area contributed by atoms with Gasteiger partial charge in [-0.05, 0) is 31.1 Å². The molecule has 3 nitrogen and oxygen atoms in total. The number of fused-ring (bicyclic) bond motifs is 5. The molecule has 0 N–H and O–H groups in total. The molecule has 2 amide bonds. The van der Waals surface area contributed by atoms with Crippen molar-refractivity contribution in [3.8, 4) is 0 Å². The lowest BCUT2D eigenvalue weighted by Crippen LogP contribution is -2.28. The summed E-state index contributed by atoms with van der Waals surface area (Å²) in [6, 6.07) is 0. The van der Waals surface area contributed by atoms with Gasteiger partial charge >= 0.3 is 0 Å². The molecule has 1 saturated heterocycles. The van der Waals surface area contributed by atoms with E-state index in [1.165, 1.54) is 17.7 Å². The lowest BCUT2D eigenvalue weighted by Gasteiger charge is -2.19. The van der Waals surface area contributed by atoms with Gasteiger partial charge in [-0.3, -0.25) is 14.5 Å². The van der Waals surface area contributed by atoms with Crippen LogP contribution in [0.3, 0.4) is 0 Å². The van der Waals surface area contributed by atoms with Gasteiger partial charge in [-0.1, -0.05) is 0 Å².